The van der Waals surface area contributed by atoms with Crippen LogP contribution < -0.4 is 31.1 Å². The fourth-order valence-corrected chi connectivity index (χ4v) is 15.9. The molecular weight excluding hydrogens is 609 g/mol. The van der Waals surface area contributed by atoms with E-state index in [9.17, 15) is 0 Å². The molecule has 0 nitrogen and oxygen atoms in total. The van der Waals surface area contributed by atoms with Crippen LogP contribution in [0.4, 0.5) is 0 Å². The van der Waals surface area contributed by atoms with Crippen molar-refractivity contribution >= 4 is 47.3 Å². The molecule has 0 saturated heterocycles. The summed E-state index contributed by atoms with van der Waals surface area (Å²) in [5, 5.41) is 8.48. The minimum Gasteiger partial charge on any atom is -0.0815 e. The smallest absolute Gasteiger partial charge is 0.0815 e. The van der Waals surface area contributed by atoms with Crippen molar-refractivity contribution in [1.29, 1.82) is 0 Å². The molecule has 0 N–H and O–H groups in total. The molecule has 0 radical (unpaired) electrons. The average molecular weight is 651 g/mol. The minimum absolute atomic E-state index is 1.11. The van der Waals surface area contributed by atoms with Crippen molar-refractivity contribution in [1.82, 2.24) is 0 Å². The largest absolute Gasteiger partial charge is 0.172 e. The van der Waals surface area contributed by atoms with Gasteiger partial charge < -0.3 is 0 Å². The van der Waals surface area contributed by atoms with Crippen LogP contribution in [-0.2, 0) is 0 Å². The molecule has 6 aromatic rings. The monoisotopic (exact) mass is 650 g/mol. The van der Waals surface area contributed by atoms with Crippen molar-refractivity contribution in [2.24, 2.45) is 0 Å². The Morgan fingerprint density at radius 1 is 0.292 bits per heavy atom. The number of rotatable bonds is 10. The molecule has 0 heterocycles. The van der Waals surface area contributed by atoms with Crippen molar-refractivity contribution in [3.8, 4) is 0 Å². The Morgan fingerprint density at radius 2 is 0.500 bits per heavy atom. The van der Waals surface area contributed by atoms with Gasteiger partial charge in [0.15, 0.2) is 16.1 Å². The Balaban J connectivity index is 1.41. The lowest BCUT2D eigenvalue weighted by atomic mass is 9.92. The third kappa shape index (κ3) is 6.30. The minimum atomic E-state index is -2.49. The molecule has 1 aliphatic rings. The predicted octanol–water partition coefficient (Wildman–Crippen LogP) is 7.39. The van der Waals surface area contributed by atoms with Gasteiger partial charge in [0.2, 0.25) is 0 Å². The maximum Gasteiger partial charge on any atom is 0.172 e. The Hall–Kier alpha value is -5.03. The lowest BCUT2D eigenvalue weighted by Gasteiger charge is -2.32. The summed E-state index contributed by atoms with van der Waals surface area (Å²) in [6.07, 6.45) is 9.72. The normalized spacial score (nSPS) is 14.1. The summed E-state index contributed by atoms with van der Waals surface area (Å²) in [6, 6.07) is 67.3. The Bertz CT molecular complexity index is 1640. The van der Waals surface area contributed by atoms with Gasteiger partial charge in [-0.05, 0) is 67.9 Å². The Labute approximate surface area is 288 Å². The van der Waals surface area contributed by atoms with Crippen LogP contribution in [0.15, 0.2) is 217 Å². The highest BCUT2D eigenvalue weighted by Crippen LogP contribution is 2.28. The highest BCUT2D eigenvalue weighted by Gasteiger charge is 2.38. The summed E-state index contributed by atoms with van der Waals surface area (Å²) in [4.78, 5) is 0. The lowest BCUT2D eigenvalue weighted by Crippen LogP contribution is -2.66. The maximum absolute atomic E-state index is 2.62. The van der Waals surface area contributed by atoms with Crippen molar-refractivity contribution in [2.45, 2.75) is 25.7 Å². The van der Waals surface area contributed by atoms with Gasteiger partial charge in [0.05, 0.1) is 0 Å². The third-order valence-electron chi connectivity index (χ3n) is 10.00. The molecule has 0 aromatic heterocycles. The first kappa shape index (κ1) is 31.6. The fourth-order valence-electron chi connectivity index (χ4n) is 7.57. The SMILES string of the molecule is C(=C\[Si](c1ccccc1)(c1ccccc1)c1ccccc1)/C1=C(/C=C/[Si](c2ccccc2)(c2ccccc2)c2ccccc2)CCCC1. The third-order valence-corrected chi connectivity index (χ3v) is 18.8. The van der Waals surface area contributed by atoms with Crippen LogP contribution in [0.1, 0.15) is 25.7 Å². The zero-order chi connectivity index (χ0) is 32.5. The van der Waals surface area contributed by atoms with Crippen molar-refractivity contribution in [3.05, 3.63) is 217 Å². The highest BCUT2D eigenvalue weighted by molar-refractivity contribution is 7.15. The average Bonchev–Trinajstić information content (AvgIpc) is 3.18. The first-order chi connectivity index (χ1) is 23.8. The second-order valence-corrected chi connectivity index (χ2v) is 20.1. The van der Waals surface area contributed by atoms with Gasteiger partial charge in [-0.1, -0.05) is 206 Å². The van der Waals surface area contributed by atoms with Gasteiger partial charge >= 0.3 is 0 Å². The van der Waals surface area contributed by atoms with Gasteiger partial charge in [-0.2, -0.15) is 0 Å². The van der Waals surface area contributed by atoms with E-state index >= 15 is 0 Å². The van der Waals surface area contributed by atoms with E-state index in [1.54, 1.807) is 0 Å². The zero-order valence-electron chi connectivity index (χ0n) is 27.5. The van der Waals surface area contributed by atoms with Crippen molar-refractivity contribution in [2.75, 3.05) is 0 Å². The molecule has 0 unspecified atom stereocenters. The van der Waals surface area contributed by atoms with Gasteiger partial charge in [0.25, 0.3) is 0 Å². The molecule has 1 aliphatic carbocycles. The molecule has 0 saturated carbocycles. The molecule has 0 fully saturated rings. The van der Waals surface area contributed by atoms with Crippen LogP contribution in [0.25, 0.3) is 0 Å². The molecule has 234 valence electrons. The van der Waals surface area contributed by atoms with Crippen LogP contribution in [-0.4, -0.2) is 16.1 Å². The highest BCUT2D eigenvalue weighted by atomic mass is 28.3. The fraction of sp³-hybridized carbons (Fsp3) is 0.0870. The molecule has 0 atom stereocenters. The summed E-state index contributed by atoms with van der Waals surface area (Å²) in [7, 11) is -4.97. The quantitative estimate of drug-likeness (QED) is 0.107. The molecule has 6 aromatic carbocycles. The van der Waals surface area contributed by atoms with Crippen LogP contribution in [0.2, 0.25) is 0 Å². The number of hydrogen-bond acceptors (Lipinski definition) is 0. The summed E-state index contributed by atoms with van der Waals surface area (Å²) in [5.41, 5.74) is 8.21. The lowest BCUT2D eigenvalue weighted by molar-refractivity contribution is 0.693. The van der Waals surface area contributed by atoms with E-state index in [2.05, 4.69) is 206 Å². The first-order valence-corrected chi connectivity index (χ1v) is 21.4. The van der Waals surface area contributed by atoms with Gasteiger partial charge in [0.1, 0.15) is 0 Å². The second-order valence-electron chi connectivity index (χ2n) is 12.7. The molecular formula is C46H42Si2. The van der Waals surface area contributed by atoms with E-state index in [0.717, 1.165) is 12.8 Å². The van der Waals surface area contributed by atoms with E-state index in [1.165, 1.54) is 55.1 Å². The van der Waals surface area contributed by atoms with Gasteiger partial charge in [-0.3, -0.25) is 0 Å². The number of allylic oxidation sites excluding steroid dienone is 4. The number of hydrogen-bond donors (Lipinski definition) is 0. The Kier molecular flexibility index (Phi) is 9.74. The summed E-state index contributed by atoms with van der Waals surface area (Å²) >= 11 is 0. The molecule has 0 bridgehead atoms. The van der Waals surface area contributed by atoms with E-state index in [1.807, 2.05) is 0 Å². The van der Waals surface area contributed by atoms with Crippen LogP contribution in [0.5, 0.6) is 0 Å². The summed E-state index contributed by atoms with van der Waals surface area (Å²) in [5.74, 6) is 0. The predicted molar refractivity (Wildman–Crippen MR) is 212 cm³/mol. The molecule has 0 amide bonds. The van der Waals surface area contributed by atoms with Crippen LogP contribution >= 0.6 is 0 Å². The maximum atomic E-state index is 2.62. The molecule has 0 aliphatic heterocycles. The van der Waals surface area contributed by atoms with Crippen molar-refractivity contribution in [3.63, 3.8) is 0 Å². The second kappa shape index (κ2) is 14.8. The number of benzene rings is 6. The van der Waals surface area contributed by atoms with E-state index in [4.69, 9.17) is 0 Å². The van der Waals surface area contributed by atoms with Crippen LogP contribution in [0.3, 0.4) is 0 Å². The Morgan fingerprint density at radius 3 is 0.708 bits per heavy atom. The topological polar surface area (TPSA) is 0 Å². The van der Waals surface area contributed by atoms with E-state index in [0.29, 0.717) is 0 Å². The van der Waals surface area contributed by atoms with E-state index < -0.39 is 16.1 Å². The molecule has 2 heteroatoms. The zero-order valence-corrected chi connectivity index (χ0v) is 29.5. The molecule has 48 heavy (non-hydrogen) atoms. The molecule has 7 rings (SSSR count). The van der Waals surface area contributed by atoms with Crippen molar-refractivity contribution < 1.29 is 0 Å². The van der Waals surface area contributed by atoms with Gasteiger partial charge in [0, 0.05) is 0 Å². The summed E-state index contributed by atoms with van der Waals surface area (Å²) in [6.45, 7) is 0. The summed E-state index contributed by atoms with van der Waals surface area (Å²) < 4.78 is 0. The van der Waals surface area contributed by atoms with Gasteiger partial charge in [-0.25, -0.2) is 0 Å². The standard InChI is InChI=1S/C46H42Si2/c1-7-23-41(24-8-1)47(42-25-9-2-10-26-42,43-27-11-3-12-28-43)37-35-39-21-19-20-22-40(39)36-38-48(44-29-13-4-14-30-44,45-31-15-5-16-32-45)46-33-17-6-18-34-46/h1-18,23-38H,19-22H2/b37-35+,38-36+. The molecule has 0 spiro atoms. The van der Waals surface area contributed by atoms with Gasteiger partial charge in [-0.15, -0.1) is 0 Å². The van der Waals surface area contributed by atoms with Crippen LogP contribution in [0, 0.1) is 0 Å². The first-order valence-electron chi connectivity index (χ1n) is 17.2. The van der Waals surface area contributed by atoms with E-state index in [-0.39, 0.29) is 0 Å².